The van der Waals surface area contributed by atoms with Crippen LogP contribution in [0.5, 0.6) is 0 Å². The molecule has 2 saturated heterocycles. The lowest BCUT2D eigenvalue weighted by atomic mass is 9.86. The lowest BCUT2D eigenvalue weighted by Crippen LogP contribution is -2.53. The van der Waals surface area contributed by atoms with Crippen molar-refractivity contribution in [3.63, 3.8) is 0 Å². The van der Waals surface area contributed by atoms with Crippen molar-refractivity contribution < 1.29 is 13.2 Å². The maximum atomic E-state index is 11.3. The molecule has 2 fully saturated rings. The van der Waals surface area contributed by atoms with Crippen LogP contribution in [0.2, 0.25) is 0 Å². The van der Waals surface area contributed by atoms with Gasteiger partial charge in [-0.3, -0.25) is 0 Å². The van der Waals surface area contributed by atoms with Crippen LogP contribution in [0.4, 0.5) is 0 Å². The molecule has 15 heavy (non-hydrogen) atoms. The monoisotopic (exact) mass is 234 g/mol. The standard InChI is InChI=1S/C9H18N2O3S/c1-15(12,13)11-5-3-9(4-6-11)8(10)2-7-14-9/h8H,2-7,10H2,1H3. The number of piperidine rings is 1. The molecule has 1 unspecified atom stereocenters. The maximum absolute atomic E-state index is 11.3. The Bertz CT molecular complexity index is 333. The average molecular weight is 234 g/mol. The van der Waals surface area contributed by atoms with Crippen LogP contribution in [-0.4, -0.2) is 50.3 Å². The van der Waals surface area contributed by atoms with Gasteiger partial charge < -0.3 is 10.5 Å². The van der Waals surface area contributed by atoms with E-state index in [1.165, 1.54) is 10.6 Å². The van der Waals surface area contributed by atoms with Crippen LogP contribution in [0.25, 0.3) is 0 Å². The molecule has 1 atom stereocenters. The van der Waals surface area contributed by atoms with Gasteiger partial charge in [-0.25, -0.2) is 12.7 Å². The Kier molecular flexibility index (Phi) is 2.79. The van der Waals surface area contributed by atoms with Crippen LogP contribution in [-0.2, 0) is 14.8 Å². The van der Waals surface area contributed by atoms with E-state index in [0.29, 0.717) is 19.7 Å². The Morgan fingerprint density at radius 1 is 1.40 bits per heavy atom. The van der Waals surface area contributed by atoms with Gasteiger partial charge in [0.25, 0.3) is 0 Å². The zero-order chi connectivity index (χ0) is 11.1. The summed E-state index contributed by atoms with van der Waals surface area (Å²) in [5, 5.41) is 0. The number of hydrogen-bond acceptors (Lipinski definition) is 4. The predicted octanol–water partition coefficient (Wildman–Crippen LogP) is -0.472. The minimum absolute atomic E-state index is 0.0687. The first-order valence-corrected chi connectivity index (χ1v) is 7.14. The van der Waals surface area contributed by atoms with Crippen LogP contribution in [0.3, 0.4) is 0 Å². The maximum Gasteiger partial charge on any atom is 0.211 e. The molecule has 88 valence electrons. The molecule has 2 heterocycles. The molecular formula is C9H18N2O3S. The van der Waals surface area contributed by atoms with Crippen LogP contribution >= 0.6 is 0 Å². The van der Waals surface area contributed by atoms with E-state index in [1.54, 1.807) is 0 Å². The molecule has 0 amide bonds. The van der Waals surface area contributed by atoms with Gasteiger partial charge in [0.15, 0.2) is 0 Å². The third-order valence-electron chi connectivity index (χ3n) is 3.53. The highest BCUT2D eigenvalue weighted by Crippen LogP contribution is 2.35. The summed E-state index contributed by atoms with van der Waals surface area (Å²) in [5.74, 6) is 0. The van der Waals surface area contributed by atoms with E-state index in [4.69, 9.17) is 10.5 Å². The fourth-order valence-electron chi connectivity index (χ4n) is 2.47. The van der Waals surface area contributed by atoms with Crippen LogP contribution < -0.4 is 5.73 Å². The summed E-state index contributed by atoms with van der Waals surface area (Å²) in [5.41, 5.74) is 5.76. The smallest absolute Gasteiger partial charge is 0.211 e. The van der Waals surface area contributed by atoms with Crippen molar-refractivity contribution in [2.75, 3.05) is 26.0 Å². The number of sulfonamides is 1. The normalized spacial score (nSPS) is 32.3. The molecule has 0 aromatic carbocycles. The first kappa shape index (κ1) is 11.3. The second-order valence-corrected chi connectivity index (χ2v) is 6.45. The molecule has 1 spiro atoms. The molecule has 0 saturated carbocycles. The summed E-state index contributed by atoms with van der Waals surface area (Å²) >= 11 is 0. The Balaban J connectivity index is 2.03. The number of nitrogens with two attached hydrogens (primary N) is 1. The van der Waals surface area contributed by atoms with E-state index in [0.717, 1.165) is 19.3 Å². The summed E-state index contributed by atoms with van der Waals surface area (Å²) < 4.78 is 29.9. The van der Waals surface area contributed by atoms with Gasteiger partial charge in [-0.05, 0) is 19.3 Å². The van der Waals surface area contributed by atoms with Gasteiger partial charge in [-0.2, -0.15) is 0 Å². The van der Waals surface area contributed by atoms with Crippen LogP contribution in [0.1, 0.15) is 19.3 Å². The lowest BCUT2D eigenvalue weighted by Gasteiger charge is -2.39. The van der Waals surface area contributed by atoms with Crippen molar-refractivity contribution in [1.29, 1.82) is 0 Å². The topological polar surface area (TPSA) is 72.6 Å². The highest BCUT2D eigenvalue weighted by atomic mass is 32.2. The lowest BCUT2D eigenvalue weighted by molar-refractivity contribution is -0.0388. The highest BCUT2D eigenvalue weighted by Gasteiger charge is 2.45. The molecule has 5 nitrogen and oxygen atoms in total. The predicted molar refractivity (Wildman–Crippen MR) is 56.9 cm³/mol. The van der Waals surface area contributed by atoms with Crippen LogP contribution in [0.15, 0.2) is 0 Å². The number of ether oxygens (including phenoxy) is 1. The summed E-state index contributed by atoms with van der Waals surface area (Å²) in [6.07, 6.45) is 3.59. The Morgan fingerprint density at radius 3 is 2.40 bits per heavy atom. The SMILES string of the molecule is CS(=O)(=O)N1CCC2(CC1)OCCC2N. The van der Waals surface area contributed by atoms with Crippen molar-refractivity contribution in [2.24, 2.45) is 5.73 Å². The van der Waals surface area contributed by atoms with Gasteiger partial charge in [-0.1, -0.05) is 0 Å². The minimum Gasteiger partial charge on any atom is -0.373 e. The van der Waals surface area contributed by atoms with E-state index in [9.17, 15) is 8.42 Å². The molecule has 0 aromatic rings. The Labute approximate surface area is 90.6 Å². The molecule has 2 aliphatic rings. The molecule has 6 heteroatoms. The van der Waals surface area contributed by atoms with Crippen molar-refractivity contribution in [1.82, 2.24) is 4.31 Å². The minimum atomic E-state index is -3.05. The van der Waals surface area contributed by atoms with Crippen LogP contribution in [0, 0.1) is 0 Å². The summed E-state index contributed by atoms with van der Waals surface area (Å²) in [7, 11) is -3.05. The van der Waals surface area contributed by atoms with Crippen molar-refractivity contribution in [3.05, 3.63) is 0 Å². The molecule has 0 aromatic heterocycles. The second kappa shape index (κ2) is 3.69. The van der Waals surface area contributed by atoms with E-state index in [2.05, 4.69) is 0 Å². The average Bonchev–Trinajstić information content (AvgIpc) is 2.48. The first-order chi connectivity index (χ1) is 6.94. The second-order valence-electron chi connectivity index (χ2n) is 4.47. The third kappa shape index (κ3) is 2.04. The number of rotatable bonds is 1. The number of hydrogen-bond donors (Lipinski definition) is 1. The summed E-state index contributed by atoms with van der Waals surface area (Å²) in [6, 6.07) is 0.0687. The molecule has 2 N–H and O–H groups in total. The van der Waals surface area contributed by atoms with E-state index < -0.39 is 10.0 Å². The molecule has 2 aliphatic heterocycles. The van der Waals surface area contributed by atoms with E-state index in [1.807, 2.05) is 0 Å². The van der Waals surface area contributed by atoms with Gasteiger partial charge in [0.1, 0.15) is 0 Å². The largest absolute Gasteiger partial charge is 0.373 e. The highest BCUT2D eigenvalue weighted by molar-refractivity contribution is 7.88. The third-order valence-corrected chi connectivity index (χ3v) is 4.84. The Hall–Kier alpha value is -0.170. The quantitative estimate of drug-likeness (QED) is 0.665. The number of nitrogens with zero attached hydrogens (tertiary/aromatic N) is 1. The first-order valence-electron chi connectivity index (χ1n) is 5.29. The van der Waals surface area contributed by atoms with Gasteiger partial charge in [-0.15, -0.1) is 0 Å². The van der Waals surface area contributed by atoms with Gasteiger partial charge in [0.05, 0.1) is 11.9 Å². The zero-order valence-electron chi connectivity index (χ0n) is 8.98. The van der Waals surface area contributed by atoms with Crippen molar-refractivity contribution in [3.8, 4) is 0 Å². The zero-order valence-corrected chi connectivity index (χ0v) is 9.79. The van der Waals surface area contributed by atoms with Gasteiger partial charge in [0, 0.05) is 25.7 Å². The van der Waals surface area contributed by atoms with Gasteiger partial charge >= 0.3 is 0 Å². The van der Waals surface area contributed by atoms with E-state index >= 15 is 0 Å². The molecular weight excluding hydrogens is 216 g/mol. The van der Waals surface area contributed by atoms with Crippen molar-refractivity contribution in [2.45, 2.75) is 30.9 Å². The van der Waals surface area contributed by atoms with E-state index in [-0.39, 0.29) is 11.6 Å². The fourth-order valence-corrected chi connectivity index (χ4v) is 3.32. The molecule has 2 rings (SSSR count). The fraction of sp³-hybridized carbons (Fsp3) is 1.00. The molecule has 0 radical (unpaired) electrons. The van der Waals surface area contributed by atoms with Crippen molar-refractivity contribution >= 4 is 10.0 Å². The molecule has 0 bridgehead atoms. The van der Waals surface area contributed by atoms with Gasteiger partial charge in [0.2, 0.25) is 10.0 Å². The molecule has 0 aliphatic carbocycles. The summed E-state index contributed by atoms with van der Waals surface area (Å²) in [6.45, 7) is 1.78. The Morgan fingerprint density at radius 2 is 2.00 bits per heavy atom. The summed E-state index contributed by atoms with van der Waals surface area (Å²) in [4.78, 5) is 0.